The number of nitrogens with zero attached hydrogens (tertiary/aromatic N) is 1. The molecule has 0 saturated heterocycles. The van der Waals surface area contributed by atoms with Gasteiger partial charge in [0.05, 0.1) is 5.69 Å². The topological polar surface area (TPSA) is 39.2 Å². The Kier molecular flexibility index (Phi) is 2.83. The molecule has 0 aromatic carbocycles. The number of thiazole rings is 1. The molecule has 3 nitrogen and oxygen atoms in total. The van der Waals surface area contributed by atoms with Crippen LogP contribution in [0.2, 0.25) is 0 Å². The Hall–Kier alpha value is -0.740. The minimum absolute atomic E-state index is 0.00292. The molecule has 13 heavy (non-hydrogen) atoms. The zero-order valence-corrected chi connectivity index (χ0v) is 9.07. The first-order chi connectivity index (χ1) is 5.97. The Morgan fingerprint density at radius 2 is 2.23 bits per heavy atom. The average Bonchev–Trinajstić information content (AvgIpc) is 2.52. The number of rotatable bonds is 3. The van der Waals surface area contributed by atoms with Crippen molar-refractivity contribution in [2.75, 3.05) is 7.11 Å². The highest BCUT2D eigenvalue weighted by molar-refractivity contribution is 7.11. The maximum atomic E-state index is 11.0. The molecule has 72 valence electrons. The van der Waals surface area contributed by atoms with Gasteiger partial charge in [0, 0.05) is 19.4 Å². The van der Waals surface area contributed by atoms with E-state index >= 15 is 0 Å². The van der Waals surface area contributed by atoms with Gasteiger partial charge in [0.2, 0.25) is 0 Å². The lowest BCUT2D eigenvalue weighted by atomic mass is 10.1. The second-order valence-corrected chi connectivity index (χ2v) is 4.17. The van der Waals surface area contributed by atoms with E-state index in [1.54, 1.807) is 7.11 Å². The molecule has 0 spiro atoms. The summed E-state index contributed by atoms with van der Waals surface area (Å²) in [5.41, 5.74) is 0.398. The lowest BCUT2D eigenvalue weighted by Gasteiger charge is -2.19. The van der Waals surface area contributed by atoms with Crippen LogP contribution in [0.15, 0.2) is 5.38 Å². The molecule has 0 radical (unpaired) electrons. The second-order valence-electron chi connectivity index (χ2n) is 3.31. The van der Waals surface area contributed by atoms with E-state index in [2.05, 4.69) is 4.98 Å². The highest BCUT2D eigenvalue weighted by Crippen LogP contribution is 2.25. The molecule has 1 aromatic heterocycles. The summed E-state index contributed by atoms with van der Waals surface area (Å²) in [4.78, 5) is 15.2. The Morgan fingerprint density at radius 3 is 2.62 bits per heavy atom. The van der Waals surface area contributed by atoms with Gasteiger partial charge in [-0.1, -0.05) is 0 Å². The number of ether oxygens (including phenoxy) is 1. The number of ketones is 1. The lowest BCUT2D eigenvalue weighted by Crippen LogP contribution is -2.20. The Labute approximate surface area is 81.8 Å². The third-order valence-electron chi connectivity index (χ3n) is 1.93. The van der Waals surface area contributed by atoms with E-state index in [1.807, 2.05) is 19.2 Å². The van der Waals surface area contributed by atoms with E-state index in [4.69, 9.17) is 4.74 Å². The first-order valence-corrected chi connectivity index (χ1v) is 4.87. The second kappa shape index (κ2) is 3.55. The summed E-state index contributed by atoms with van der Waals surface area (Å²) in [5.74, 6) is 0.00292. The molecule has 1 rings (SSSR count). The summed E-state index contributed by atoms with van der Waals surface area (Å²) in [7, 11) is 1.63. The van der Waals surface area contributed by atoms with Crippen LogP contribution in [0.3, 0.4) is 0 Å². The first-order valence-electron chi connectivity index (χ1n) is 3.99. The molecule has 4 heteroatoms. The molecular weight excluding hydrogens is 186 g/mol. The lowest BCUT2D eigenvalue weighted by molar-refractivity contribution is 0.0159. The van der Waals surface area contributed by atoms with Crippen molar-refractivity contribution in [2.24, 2.45) is 0 Å². The van der Waals surface area contributed by atoms with Crippen molar-refractivity contribution in [3.05, 3.63) is 16.1 Å². The largest absolute Gasteiger partial charge is 0.372 e. The SMILES string of the molecule is COC(C)(C)c1csc(C(C)=O)n1. The van der Waals surface area contributed by atoms with Crippen LogP contribution >= 0.6 is 11.3 Å². The van der Waals surface area contributed by atoms with Gasteiger partial charge in [-0.25, -0.2) is 4.98 Å². The number of carbonyl (C=O) groups is 1. The number of Topliss-reactive ketones (excluding diaryl/α,β-unsaturated/α-hetero) is 1. The Bertz CT molecular complexity index is 317. The van der Waals surface area contributed by atoms with Gasteiger partial charge in [0.25, 0.3) is 0 Å². The minimum atomic E-state index is -0.412. The molecule has 0 aliphatic heterocycles. The fraction of sp³-hybridized carbons (Fsp3) is 0.556. The number of methoxy groups -OCH3 is 1. The fourth-order valence-corrected chi connectivity index (χ4v) is 1.69. The summed E-state index contributed by atoms with van der Waals surface area (Å²) >= 11 is 1.36. The normalized spacial score (nSPS) is 11.7. The Morgan fingerprint density at radius 1 is 1.62 bits per heavy atom. The van der Waals surface area contributed by atoms with Crippen molar-refractivity contribution in [3.8, 4) is 0 Å². The zero-order chi connectivity index (χ0) is 10.1. The van der Waals surface area contributed by atoms with Crippen LogP contribution in [0.4, 0.5) is 0 Å². The molecule has 1 heterocycles. The zero-order valence-electron chi connectivity index (χ0n) is 8.25. The van der Waals surface area contributed by atoms with Gasteiger partial charge in [0.1, 0.15) is 5.60 Å². The highest BCUT2D eigenvalue weighted by atomic mass is 32.1. The van der Waals surface area contributed by atoms with Gasteiger partial charge in [-0.2, -0.15) is 0 Å². The minimum Gasteiger partial charge on any atom is -0.372 e. The standard InChI is InChI=1S/C9H13NO2S/c1-6(11)8-10-7(5-13-8)9(2,3)12-4/h5H,1-4H3. The smallest absolute Gasteiger partial charge is 0.188 e. The molecule has 0 amide bonds. The maximum Gasteiger partial charge on any atom is 0.188 e. The molecule has 0 N–H and O–H groups in total. The summed E-state index contributed by atoms with van der Waals surface area (Å²) < 4.78 is 5.25. The van der Waals surface area contributed by atoms with Gasteiger partial charge in [-0.05, 0) is 13.8 Å². The van der Waals surface area contributed by atoms with Crippen molar-refractivity contribution in [1.82, 2.24) is 4.98 Å². The van der Waals surface area contributed by atoms with E-state index in [1.165, 1.54) is 18.3 Å². The third kappa shape index (κ3) is 2.14. The summed E-state index contributed by atoms with van der Waals surface area (Å²) in [6.07, 6.45) is 0. The van der Waals surface area contributed by atoms with E-state index in [0.717, 1.165) is 5.69 Å². The summed E-state index contributed by atoms with van der Waals surface area (Å²) in [5, 5.41) is 2.40. The predicted molar refractivity (Wildman–Crippen MR) is 52.2 cm³/mol. The summed E-state index contributed by atoms with van der Waals surface area (Å²) in [6.45, 7) is 5.36. The van der Waals surface area contributed by atoms with Crippen LogP contribution in [-0.2, 0) is 10.3 Å². The van der Waals surface area contributed by atoms with Crippen LogP contribution in [0, 0.1) is 0 Å². The van der Waals surface area contributed by atoms with E-state index in [-0.39, 0.29) is 5.78 Å². The van der Waals surface area contributed by atoms with Crippen LogP contribution in [0.25, 0.3) is 0 Å². The van der Waals surface area contributed by atoms with Crippen LogP contribution in [-0.4, -0.2) is 17.9 Å². The molecule has 1 aromatic rings. The van der Waals surface area contributed by atoms with Crippen molar-refractivity contribution in [3.63, 3.8) is 0 Å². The summed E-state index contributed by atoms with van der Waals surface area (Å²) in [6, 6.07) is 0. The average molecular weight is 199 g/mol. The van der Waals surface area contributed by atoms with Crippen LogP contribution in [0.1, 0.15) is 36.3 Å². The van der Waals surface area contributed by atoms with E-state index in [0.29, 0.717) is 5.01 Å². The van der Waals surface area contributed by atoms with Gasteiger partial charge in [0.15, 0.2) is 10.8 Å². The van der Waals surface area contributed by atoms with Gasteiger partial charge >= 0.3 is 0 Å². The third-order valence-corrected chi connectivity index (χ3v) is 2.88. The first kappa shape index (κ1) is 10.3. The van der Waals surface area contributed by atoms with E-state index < -0.39 is 5.60 Å². The van der Waals surface area contributed by atoms with Crippen LogP contribution in [0.5, 0.6) is 0 Å². The van der Waals surface area contributed by atoms with Crippen molar-refractivity contribution >= 4 is 17.1 Å². The number of carbonyl (C=O) groups excluding carboxylic acids is 1. The van der Waals surface area contributed by atoms with Crippen molar-refractivity contribution in [1.29, 1.82) is 0 Å². The molecule has 0 aliphatic rings. The monoisotopic (exact) mass is 199 g/mol. The molecule has 0 unspecified atom stereocenters. The fourth-order valence-electron chi connectivity index (χ4n) is 0.817. The van der Waals surface area contributed by atoms with Gasteiger partial charge in [-0.15, -0.1) is 11.3 Å². The van der Waals surface area contributed by atoms with Gasteiger partial charge < -0.3 is 4.74 Å². The van der Waals surface area contributed by atoms with Crippen molar-refractivity contribution < 1.29 is 9.53 Å². The molecule has 0 fully saturated rings. The van der Waals surface area contributed by atoms with Crippen LogP contribution < -0.4 is 0 Å². The molecule has 0 atom stereocenters. The number of hydrogen-bond acceptors (Lipinski definition) is 4. The van der Waals surface area contributed by atoms with Gasteiger partial charge in [-0.3, -0.25) is 4.79 Å². The number of hydrogen-bond donors (Lipinski definition) is 0. The number of aromatic nitrogens is 1. The Balaban J connectivity index is 2.98. The maximum absolute atomic E-state index is 11.0. The predicted octanol–water partition coefficient (Wildman–Crippen LogP) is 2.23. The molecule has 0 aliphatic carbocycles. The highest BCUT2D eigenvalue weighted by Gasteiger charge is 2.23. The molecule has 0 bridgehead atoms. The van der Waals surface area contributed by atoms with Crippen molar-refractivity contribution in [2.45, 2.75) is 26.4 Å². The van der Waals surface area contributed by atoms with E-state index in [9.17, 15) is 4.79 Å². The molecule has 0 saturated carbocycles. The molecular formula is C9H13NO2S. The quantitative estimate of drug-likeness (QED) is 0.701.